The molecule has 92 valence electrons. The van der Waals surface area contributed by atoms with Gasteiger partial charge in [0.1, 0.15) is 0 Å². The molecule has 0 fully saturated rings. The molecule has 1 amide bonds. The second kappa shape index (κ2) is 8.95. The fourth-order valence-corrected chi connectivity index (χ4v) is 1.32. The Bertz CT molecular complexity index is 165. The number of amides is 1. The molecule has 0 atom stereocenters. The number of hydrogen-bond donors (Lipinski definition) is 2. The Morgan fingerprint density at radius 2 is 1.93 bits per heavy atom. The summed E-state index contributed by atoms with van der Waals surface area (Å²) in [5.41, 5.74) is 5.43. The van der Waals surface area contributed by atoms with E-state index in [1.54, 1.807) is 7.11 Å². The number of rotatable bonds is 7. The summed E-state index contributed by atoms with van der Waals surface area (Å²) in [5.74, 6) is 0.0148. The van der Waals surface area contributed by atoms with E-state index >= 15 is 0 Å². The summed E-state index contributed by atoms with van der Waals surface area (Å²) in [7, 11) is 1.59. The summed E-state index contributed by atoms with van der Waals surface area (Å²) in [5, 5.41) is 2.97. The zero-order valence-corrected chi connectivity index (χ0v) is 10.7. The zero-order chi connectivity index (χ0) is 11.0. The normalized spacial score (nSPS) is 10.7. The molecule has 0 bridgehead atoms. The largest absolute Gasteiger partial charge is 0.384 e. The van der Waals surface area contributed by atoms with Gasteiger partial charge < -0.3 is 15.8 Å². The van der Waals surface area contributed by atoms with Gasteiger partial charge in [-0.3, -0.25) is 4.79 Å². The highest BCUT2D eigenvalue weighted by atomic mass is 35.5. The van der Waals surface area contributed by atoms with Crippen LogP contribution in [0.25, 0.3) is 0 Å². The summed E-state index contributed by atoms with van der Waals surface area (Å²) in [6.07, 6.45) is 2.12. The van der Waals surface area contributed by atoms with Crippen molar-refractivity contribution in [2.75, 3.05) is 20.3 Å². The predicted octanol–water partition coefficient (Wildman–Crippen LogP) is 1.08. The first-order chi connectivity index (χ1) is 6.64. The zero-order valence-electron chi connectivity index (χ0n) is 9.84. The molecule has 15 heavy (non-hydrogen) atoms. The second-order valence-electron chi connectivity index (χ2n) is 3.48. The maximum absolute atomic E-state index is 11.4. The van der Waals surface area contributed by atoms with Crippen molar-refractivity contribution in [1.82, 2.24) is 5.32 Å². The van der Waals surface area contributed by atoms with Gasteiger partial charge in [0.05, 0.1) is 12.1 Å². The van der Waals surface area contributed by atoms with Crippen LogP contribution in [0, 0.1) is 0 Å². The molecule has 0 spiro atoms. The summed E-state index contributed by atoms with van der Waals surface area (Å²) >= 11 is 0. The highest BCUT2D eigenvalue weighted by molar-refractivity contribution is 5.85. The Kier molecular flexibility index (Phi) is 10.2. The Hall–Kier alpha value is -0.320. The standard InChI is InChI=1S/C10H22N2O2.ClH/c1-4-10(5-2,8-11)12-9(13)6-7-14-3;/h4-8,11H2,1-3H3,(H,12,13);1H. The molecule has 0 aromatic rings. The molecule has 0 aromatic heterocycles. The van der Waals surface area contributed by atoms with E-state index in [9.17, 15) is 4.79 Å². The molecule has 0 aliphatic heterocycles. The van der Waals surface area contributed by atoms with Crippen LogP contribution in [0.5, 0.6) is 0 Å². The van der Waals surface area contributed by atoms with E-state index in [0.29, 0.717) is 19.6 Å². The molecule has 0 aromatic carbocycles. The third-order valence-corrected chi connectivity index (χ3v) is 2.68. The van der Waals surface area contributed by atoms with Gasteiger partial charge in [-0.1, -0.05) is 13.8 Å². The second-order valence-corrected chi connectivity index (χ2v) is 3.48. The van der Waals surface area contributed by atoms with Crippen LogP contribution in [0.15, 0.2) is 0 Å². The van der Waals surface area contributed by atoms with Gasteiger partial charge in [0, 0.05) is 20.1 Å². The van der Waals surface area contributed by atoms with Crippen LogP contribution in [0.2, 0.25) is 0 Å². The molecule has 0 heterocycles. The fraction of sp³-hybridized carbons (Fsp3) is 0.900. The van der Waals surface area contributed by atoms with Gasteiger partial charge in [-0.2, -0.15) is 0 Å². The van der Waals surface area contributed by atoms with Crippen molar-refractivity contribution in [2.24, 2.45) is 5.73 Å². The smallest absolute Gasteiger partial charge is 0.222 e. The van der Waals surface area contributed by atoms with Crippen LogP contribution in [0.3, 0.4) is 0 Å². The molecule has 0 radical (unpaired) electrons. The lowest BCUT2D eigenvalue weighted by molar-refractivity contribution is -0.123. The molecule has 0 aliphatic rings. The minimum Gasteiger partial charge on any atom is -0.384 e. The highest BCUT2D eigenvalue weighted by Crippen LogP contribution is 2.13. The van der Waals surface area contributed by atoms with E-state index in [1.807, 2.05) is 13.8 Å². The number of hydrogen-bond acceptors (Lipinski definition) is 3. The van der Waals surface area contributed by atoms with Crippen molar-refractivity contribution in [3.8, 4) is 0 Å². The number of nitrogens with two attached hydrogens (primary N) is 1. The van der Waals surface area contributed by atoms with E-state index in [4.69, 9.17) is 10.5 Å². The van der Waals surface area contributed by atoms with E-state index < -0.39 is 0 Å². The molecule has 0 saturated heterocycles. The van der Waals surface area contributed by atoms with E-state index in [1.165, 1.54) is 0 Å². The van der Waals surface area contributed by atoms with Gasteiger partial charge in [0.15, 0.2) is 0 Å². The summed E-state index contributed by atoms with van der Waals surface area (Å²) < 4.78 is 4.84. The lowest BCUT2D eigenvalue weighted by atomic mass is 9.93. The van der Waals surface area contributed by atoms with Crippen LogP contribution >= 0.6 is 12.4 Å². The Balaban J connectivity index is 0. The number of ether oxygens (including phenoxy) is 1. The van der Waals surface area contributed by atoms with Gasteiger partial charge in [0.25, 0.3) is 0 Å². The lowest BCUT2D eigenvalue weighted by Gasteiger charge is -2.31. The topological polar surface area (TPSA) is 64.3 Å². The van der Waals surface area contributed by atoms with Crippen LogP contribution in [-0.2, 0) is 9.53 Å². The third kappa shape index (κ3) is 5.97. The van der Waals surface area contributed by atoms with Crippen molar-refractivity contribution >= 4 is 18.3 Å². The highest BCUT2D eigenvalue weighted by Gasteiger charge is 2.25. The monoisotopic (exact) mass is 238 g/mol. The van der Waals surface area contributed by atoms with Crippen molar-refractivity contribution < 1.29 is 9.53 Å². The Morgan fingerprint density at radius 3 is 2.27 bits per heavy atom. The molecule has 0 saturated carbocycles. The number of carbonyl (C=O) groups excluding carboxylic acids is 1. The van der Waals surface area contributed by atoms with Crippen molar-refractivity contribution in [3.05, 3.63) is 0 Å². The minimum absolute atomic E-state index is 0. The molecule has 0 aliphatic carbocycles. The van der Waals surface area contributed by atoms with E-state index in [-0.39, 0.29) is 23.9 Å². The number of carbonyl (C=O) groups is 1. The molecule has 4 nitrogen and oxygen atoms in total. The average Bonchev–Trinajstić information content (AvgIpc) is 2.23. The van der Waals surface area contributed by atoms with Crippen LogP contribution in [0.4, 0.5) is 0 Å². The average molecular weight is 239 g/mol. The first-order valence-corrected chi connectivity index (χ1v) is 5.14. The van der Waals surface area contributed by atoms with E-state index in [2.05, 4.69) is 5.32 Å². The first-order valence-electron chi connectivity index (χ1n) is 5.14. The Morgan fingerprint density at radius 1 is 1.40 bits per heavy atom. The summed E-state index contributed by atoms with van der Waals surface area (Å²) in [6, 6.07) is 0. The number of nitrogens with one attached hydrogen (secondary N) is 1. The maximum Gasteiger partial charge on any atom is 0.222 e. The molecule has 0 rings (SSSR count). The first kappa shape index (κ1) is 17.1. The van der Waals surface area contributed by atoms with Crippen molar-refractivity contribution in [2.45, 2.75) is 38.6 Å². The quantitative estimate of drug-likeness (QED) is 0.698. The predicted molar refractivity (Wildman–Crippen MR) is 64.3 cm³/mol. The summed E-state index contributed by atoms with van der Waals surface area (Å²) in [4.78, 5) is 11.4. The van der Waals surface area contributed by atoms with Crippen LogP contribution in [0.1, 0.15) is 33.1 Å². The summed E-state index contributed by atoms with van der Waals surface area (Å²) in [6.45, 7) is 5.01. The van der Waals surface area contributed by atoms with Gasteiger partial charge in [-0.05, 0) is 12.8 Å². The Labute approximate surface area is 98.3 Å². The molecule has 3 N–H and O–H groups in total. The molecule has 0 unspecified atom stereocenters. The fourth-order valence-electron chi connectivity index (χ4n) is 1.32. The van der Waals surface area contributed by atoms with Gasteiger partial charge in [-0.25, -0.2) is 0 Å². The maximum atomic E-state index is 11.4. The third-order valence-electron chi connectivity index (χ3n) is 2.68. The van der Waals surface area contributed by atoms with Gasteiger partial charge in [0.2, 0.25) is 5.91 Å². The van der Waals surface area contributed by atoms with Gasteiger partial charge >= 0.3 is 0 Å². The van der Waals surface area contributed by atoms with Crippen molar-refractivity contribution in [3.63, 3.8) is 0 Å². The van der Waals surface area contributed by atoms with E-state index in [0.717, 1.165) is 12.8 Å². The molecule has 5 heteroatoms. The molecular formula is C10H23ClN2O2. The van der Waals surface area contributed by atoms with Crippen molar-refractivity contribution in [1.29, 1.82) is 0 Å². The van der Waals surface area contributed by atoms with Gasteiger partial charge in [-0.15, -0.1) is 12.4 Å². The van der Waals surface area contributed by atoms with Crippen LogP contribution in [-0.4, -0.2) is 31.7 Å². The minimum atomic E-state index is -0.231. The number of halogens is 1. The lowest BCUT2D eigenvalue weighted by Crippen LogP contribution is -2.53. The number of methoxy groups -OCH3 is 1. The SMILES string of the molecule is CCC(CC)(CN)NC(=O)CCOC.Cl. The molecular weight excluding hydrogens is 216 g/mol. The van der Waals surface area contributed by atoms with Crippen LogP contribution < -0.4 is 11.1 Å².